The molecular formula is C15H22FN3S. The van der Waals surface area contributed by atoms with Crippen molar-refractivity contribution in [1.82, 2.24) is 10.6 Å². The Balaban J connectivity index is 2.28. The van der Waals surface area contributed by atoms with Crippen molar-refractivity contribution in [2.75, 3.05) is 25.4 Å². The quantitative estimate of drug-likeness (QED) is 0.335. The Morgan fingerprint density at radius 1 is 1.40 bits per heavy atom. The number of hydrogen-bond acceptors (Lipinski definition) is 2. The van der Waals surface area contributed by atoms with Crippen molar-refractivity contribution in [3.05, 3.63) is 48.3 Å². The van der Waals surface area contributed by atoms with Crippen molar-refractivity contribution in [3.8, 4) is 0 Å². The maximum Gasteiger partial charge on any atom is 0.191 e. The zero-order valence-corrected chi connectivity index (χ0v) is 12.7. The van der Waals surface area contributed by atoms with Gasteiger partial charge in [-0.3, -0.25) is 4.99 Å². The minimum Gasteiger partial charge on any atom is -0.357 e. The van der Waals surface area contributed by atoms with Crippen LogP contribution in [0.2, 0.25) is 0 Å². The molecule has 1 aromatic carbocycles. The van der Waals surface area contributed by atoms with Crippen LogP contribution in [0.25, 0.3) is 0 Å². The molecule has 0 aliphatic heterocycles. The number of nitrogens with zero attached hydrogens (tertiary/aromatic N) is 1. The van der Waals surface area contributed by atoms with Crippen LogP contribution in [0.1, 0.15) is 12.5 Å². The Bertz CT molecular complexity index is 435. The van der Waals surface area contributed by atoms with Crippen LogP contribution in [0.4, 0.5) is 4.39 Å². The molecule has 0 aromatic heterocycles. The van der Waals surface area contributed by atoms with Gasteiger partial charge in [0.1, 0.15) is 5.82 Å². The van der Waals surface area contributed by atoms with Crippen molar-refractivity contribution in [3.63, 3.8) is 0 Å². The Hall–Kier alpha value is -1.49. The van der Waals surface area contributed by atoms with E-state index in [0.717, 1.165) is 23.8 Å². The number of guanidine groups is 1. The first-order valence-corrected chi connectivity index (χ1v) is 7.87. The lowest BCUT2D eigenvalue weighted by Gasteiger charge is -2.09. The molecular weight excluding hydrogens is 273 g/mol. The summed E-state index contributed by atoms with van der Waals surface area (Å²) in [5, 5.41) is 6.30. The van der Waals surface area contributed by atoms with Crippen LogP contribution in [-0.4, -0.2) is 31.3 Å². The molecule has 1 aromatic rings. The van der Waals surface area contributed by atoms with Crippen molar-refractivity contribution in [2.45, 2.75) is 12.7 Å². The number of rotatable bonds is 8. The van der Waals surface area contributed by atoms with Crippen LogP contribution in [0.5, 0.6) is 0 Å². The number of thioether (sulfide) groups is 1. The van der Waals surface area contributed by atoms with Crippen LogP contribution >= 0.6 is 11.8 Å². The van der Waals surface area contributed by atoms with E-state index in [2.05, 4.69) is 22.2 Å². The normalized spacial score (nSPS) is 11.2. The number of benzene rings is 1. The first-order chi connectivity index (χ1) is 9.77. The molecule has 0 atom stereocenters. The van der Waals surface area contributed by atoms with Gasteiger partial charge >= 0.3 is 0 Å². The van der Waals surface area contributed by atoms with E-state index >= 15 is 0 Å². The monoisotopic (exact) mass is 295 g/mol. The molecule has 0 spiro atoms. The van der Waals surface area contributed by atoms with E-state index < -0.39 is 0 Å². The number of halogens is 1. The molecule has 0 amide bonds. The third kappa shape index (κ3) is 6.61. The molecule has 0 saturated heterocycles. The molecule has 2 N–H and O–H groups in total. The van der Waals surface area contributed by atoms with Gasteiger partial charge in [-0.05, 0) is 18.6 Å². The van der Waals surface area contributed by atoms with E-state index in [1.54, 1.807) is 23.9 Å². The zero-order chi connectivity index (χ0) is 14.6. The van der Waals surface area contributed by atoms with Crippen molar-refractivity contribution in [2.24, 2.45) is 4.99 Å². The lowest BCUT2D eigenvalue weighted by Crippen LogP contribution is -2.37. The summed E-state index contributed by atoms with van der Waals surface area (Å²) in [6.45, 7) is 7.90. The van der Waals surface area contributed by atoms with Crippen LogP contribution in [0, 0.1) is 5.82 Å². The summed E-state index contributed by atoms with van der Waals surface area (Å²) in [7, 11) is 0. The van der Waals surface area contributed by atoms with E-state index in [1.807, 2.05) is 19.1 Å². The van der Waals surface area contributed by atoms with Crippen molar-refractivity contribution < 1.29 is 4.39 Å². The minimum atomic E-state index is -0.135. The minimum absolute atomic E-state index is 0.135. The van der Waals surface area contributed by atoms with E-state index in [9.17, 15) is 4.39 Å². The third-order valence-electron chi connectivity index (χ3n) is 2.48. The zero-order valence-electron chi connectivity index (χ0n) is 11.9. The Morgan fingerprint density at radius 3 is 2.90 bits per heavy atom. The smallest absolute Gasteiger partial charge is 0.191 e. The second kappa shape index (κ2) is 10.3. The summed E-state index contributed by atoms with van der Waals surface area (Å²) >= 11 is 1.68. The predicted octanol–water partition coefficient (Wildman–Crippen LogP) is 2.80. The lowest BCUT2D eigenvalue weighted by molar-refractivity contribution is 0.617. The molecule has 0 saturated carbocycles. The van der Waals surface area contributed by atoms with Crippen LogP contribution in [0.15, 0.2) is 41.9 Å². The summed E-state index contributed by atoms with van der Waals surface area (Å²) in [6, 6.07) is 6.89. The van der Waals surface area contributed by atoms with Crippen LogP contribution in [-0.2, 0) is 5.75 Å². The van der Waals surface area contributed by atoms with E-state index in [4.69, 9.17) is 0 Å². The third-order valence-corrected chi connectivity index (χ3v) is 3.47. The van der Waals surface area contributed by atoms with E-state index in [0.29, 0.717) is 18.8 Å². The maximum absolute atomic E-state index is 13.4. The molecule has 0 aliphatic carbocycles. The lowest BCUT2D eigenvalue weighted by atomic mass is 10.2. The molecule has 0 bridgehead atoms. The topological polar surface area (TPSA) is 36.4 Å². The SMILES string of the molecule is C=CCNC(=NCCSCc1ccccc1F)NCC. The van der Waals surface area contributed by atoms with Gasteiger partial charge in [-0.1, -0.05) is 24.3 Å². The van der Waals surface area contributed by atoms with E-state index in [-0.39, 0.29) is 5.82 Å². The van der Waals surface area contributed by atoms with Gasteiger partial charge in [-0.25, -0.2) is 4.39 Å². The highest BCUT2D eigenvalue weighted by atomic mass is 32.2. The number of hydrogen-bond donors (Lipinski definition) is 2. The number of nitrogens with one attached hydrogen (secondary N) is 2. The standard InChI is InChI=1S/C15H22FN3S/c1-3-9-18-15(17-4-2)19-10-11-20-12-13-7-5-6-8-14(13)16/h3,5-8H,1,4,9-12H2,2H3,(H2,17,18,19). The van der Waals surface area contributed by atoms with E-state index in [1.165, 1.54) is 6.07 Å². The van der Waals surface area contributed by atoms with Gasteiger partial charge in [-0.15, -0.1) is 6.58 Å². The van der Waals surface area contributed by atoms with Crippen LogP contribution in [0.3, 0.4) is 0 Å². The van der Waals surface area contributed by atoms with Gasteiger partial charge in [-0.2, -0.15) is 11.8 Å². The van der Waals surface area contributed by atoms with Crippen molar-refractivity contribution >= 4 is 17.7 Å². The van der Waals surface area contributed by atoms with Crippen LogP contribution < -0.4 is 10.6 Å². The van der Waals surface area contributed by atoms with Gasteiger partial charge in [0.05, 0.1) is 6.54 Å². The average molecular weight is 295 g/mol. The predicted molar refractivity (Wildman–Crippen MR) is 86.7 cm³/mol. The highest BCUT2D eigenvalue weighted by Gasteiger charge is 2.00. The van der Waals surface area contributed by atoms with Gasteiger partial charge in [0, 0.05) is 24.6 Å². The first-order valence-electron chi connectivity index (χ1n) is 6.72. The molecule has 5 heteroatoms. The van der Waals surface area contributed by atoms with Gasteiger partial charge in [0.2, 0.25) is 0 Å². The molecule has 1 rings (SSSR count). The maximum atomic E-state index is 13.4. The Labute approximate surface area is 124 Å². The summed E-state index contributed by atoms with van der Waals surface area (Å²) < 4.78 is 13.4. The summed E-state index contributed by atoms with van der Waals surface area (Å²) in [5.74, 6) is 2.20. The second-order valence-corrected chi connectivity index (χ2v) is 5.18. The molecule has 0 fully saturated rings. The van der Waals surface area contributed by atoms with Crippen molar-refractivity contribution in [1.29, 1.82) is 0 Å². The molecule has 110 valence electrons. The highest BCUT2D eigenvalue weighted by Crippen LogP contribution is 2.14. The summed E-state index contributed by atoms with van der Waals surface area (Å²) in [6.07, 6.45) is 1.79. The molecule has 0 aliphatic rings. The largest absolute Gasteiger partial charge is 0.357 e. The molecule has 20 heavy (non-hydrogen) atoms. The number of aliphatic imine (C=N–C) groups is 1. The molecule has 0 unspecified atom stereocenters. The van der Waals surface area contributed by atoms with Gasteiger partial charge in [0.15, 0.2) is 5.96 Å². The molecule has 0 radical (unpaired) electrons. The fourth-order valence-electron chi connectivity index (χ4n) is 1.53. The fourth-order valence-corrected chi connectivity index (χ4v) is 2.35. The Kier molecular flexibility index (Phi) is 8.54. The molecule has 0 heterocycles. The highest BCUT2D eigenvalue weighted by molar-refractivity contribution is 7.98. The summed E-state index contributed by atoms with van der Waals surface area (Å²) in [5.41, 5.74) is 0.748. The van der Waals surface area contributed by atoms with Gasteiger partial charge < -0.3 is 10.6 Å². The van der Waals surface area contributed by atoms with Gasteiger partial charge in [0.25, 0.3) is 0 Å². The second-order valence-electron chi connectivity index (χ2n) is 4.07. The summed E-state index contributed by atoms with van der Waals surface area (Å²) in [4.78, 5) is 4.44. The Morgan fingerprint density at radius 2 is 2.20 bits per heavy atom. The molecule has 3 nitrogen and oxygen atoms in total. The fraction of sp³-hybridized carbons (Fsp3) is 0.400. The first kappa shape index (κ1) is 16.6. The average Bonchev–Trinajstić information content (AvgIpc) is 2.46.